The van der Waals surface area contributed by atoms with E-state index < -0.39 is 21.4 Å². The lowest BCUT2D eigenvalue weighted by Gasteiger charge is -2.21. The molecule has 3 aromatic rings. The van der Waals surface area contributed by atoms with Crippen molar-refractivity contribution < 1.29 is 27.1 Å². The van der Waals surface area contributed by atoms with Gasteiger partial charge < -0.3 is 13.9 Å². The van der Waals surface area contributed by atoms with Gasteiger partial charge in [0.2, 0.25) is 11.5 Å². The molecule has 0 N–H and O–H groups in total. The molecule has 0 unspecified atom stereocenters. The van der Waals surface area contributed by atoms with Crippen LogP contribution >= 0.6 is 0 Å². The summed E-state index contributed by atoms with van der Waals surface area (Å²) in [5.41, 5.74) is 0.694. The number of nitrogens with zero attached hydrogens (tertiary/aromatic N) is 1. The summed E-state index contributed by atoms with van der Waals surface area (Å²) in [6.07, 6.45) is 4.12. The molecule has 4 rings (SSSR count). The third kappa shape index (κ3) is 3.16. The van der Waals surface area contributed by atoms with Crippen molar-refractivity contribution in [3.8, 4) is 5.75 Å². The van der Waals surface area contributed by atoms with E-state index in [1.54, 1.807) is 38.1 Å². The minimum atomic E-state index is -3.32. The first kappa shape index (κ1) is 18.2. The second-order valence-corrected chi connectivity index (χ2v) is 9.00. The van der Waals surface area contributed by atoms with Gasteiger partial charge >= 0.3 is 5.97 Å². The number of carbonyl (C=O) groups excluding carboxylic acids is 1. The average Bonchev–Trinajstić information content (AvgIpc) is 3.16. The molecule has 3 heterocycles. The van der Waals surface area contributed by atoms with Gasteiger partial charge in [0.1, 0.15) is 11.4 Å². The van der Waals surface area contributed by atoms with Crippen LogP contribution in [-0.2, 0) is 19.4 Å². The van der Waals surface area contributed by atoms with Crippen molar-refractivity contribution in [1.29, 1.82) is 0 Å². The monoisotopic (exact) mass is 399 g/mol. The van der Waals surface area contributed by atoms with Gasteiger partial charge in [-0.15, -0.1) is 0 Å². The number of furan rings is 1. The molecule has 7 nitrogen and oxygen atoms in total. The van der Waals surface area contributed by atoms with Crippen molar-refractivity contribution in [2.45, 2.75) is 24.3 Å². The Kier molecular flexibility index (Phi) is 4.04. The van der Waals surface area contributed by atoms with Crippen LogP contribution in [0, 0.1) is 0 Å². The van der Waals surface area contributed by atoms with Gasteiger partial charge in [0.15, 0.2) is 9.84 Å². The Morgan fingerprint density at radius 3 is 2.50 bits per heavy atom. The Balaban J connectivity index is 1.79. The van der Waals surface area contributed by atoms with Gasteiger partial charge in [0, 0.05) is 11.6 Å². The molecular weight excluding hydrogens is 382 g/mol. The number of pyridine rings is 1. The predicted molar refractivity (Wildman–Crippen MR) is 101 cm³/mol. The molecule has 1 aliphatic heterocycles. The van der Waals surface area contributed by atoms with E-state index in [-0.39, 0.29) is 10.7 Å². The molecule has 1 aromatic carbocycles. The van der Waals surface area contributed by atoms with Gasteiger partial charge in [-0.25, -0.2) is 18.2 Å². The average molecular weight is 399 g/mol. The second kappa shape index (κ2) is 6.20. The van der Waals surface area contributed by atoms with Crippen LogP contribution in [0.2, 0.25) is 0 Å². The molecule has 0 bridgehead atoms. The largest absolute Gasteiger partial charge is 0.449 e. The highest BCUT2D eigenvalue weighted by atomic mass is 32.2. The van der Waals surface area contributed by atoms with Crippen LogP contribution in [0.25, 0.3) is 16.7 Å². The number of esters is 1. The molecule has 0 saturated carbocycles. The van der Waals surface area contributed by atoms with Crippen molar-refractivity contribution in [2.24, 2.45) is 0 Å². The van der Waals surface area contributed by atoms with Crippen LogP contribution in [0.5, 0.6) is 5.75 Å². The third-order valence-electron chi connectivity index (χ3n) is 4.43. The lowest BCUT2D eigenvalue weighted by Crippen LogP contribution is -2.22. The number of cyclic esters (lactones) is 1. The molecule has 0 amide bonds. The topological polar surface area (TPSA) is 95.7 Å². The van der Waals surface area contributed by atoms with Gasteiger partial charge in [-0.05, 0) is 43.7 Å². The molecule has 1 aliphatic rings. The number of benzene rings is 1. The van der Waals surface area contributed by atoms with E-state index in [1.807, 2.05) is 0 Å². The Labute approximate surface area is 161 Å². The lowest BCUT2D eigenvalue weighted by molar-refractivity contribution is -0.145. The van der Waals surface area contributed by atoms with Gasteiger partial charge in [-0.2, -0.15) is 0 Å². The van der Waals surface area contributed by atoms with Gasteiger partial charge in [0.25, 0.3) is 0 Å². The Morgan fingerprint density at radius 2 is 1.82 bits per heavy atom. The van der Waals surface area contributed by atoms with Gasteiger partial charge in [0.05, 0.1) is 22.9 Å². The van der Waals surface area contributed by atoms with Gasteiger partial charge in [-0.3, -0.25) is 0 Å². The first-order valence-electron chi connectivity index (χ1n) is 8.45. The molecule has 0 atom stereocenters. The normalized spacial score (nSPS) is 16.5. The molecule has 8 heteroatoms. The van der Waals surface area contributed by atoms with Crippen LogP contribution in [0.1, 0.15) is 19.4 Å². The molecule has 2 aromatic heterocycles. The minimum absolute atomic E-state index is 0.0433. The summed E-state index contributed by atoms with van der Waals surface area (Å²) in [4.78, 5) is 16.8. The molecule has 0 fully saturated rings. The maximum absolute atomic E-state index is 12.5. The van der Waals surface area contributed by atoms with Crippen molar-refractivity contribution in [1.82, 2.24) is 4.98 Å². The second-order valence-electron chi connectivity index (χ2n) is 6.99. The van der Waals surface area contributed by atoms with Crippen LogP contribution in [-0.4, -0.2) is 31.2 Å². The fourth-order valence-electron chi connectivity index (χ4n) is 3.16. The summed E-state index contributed by atoms with van der Waals surface area (Å²) in [7, 11) is -3.32. The maximum atomic E-state index is 12.5. The molecule has 0 saturated heterocycles. The SMILES string of the molecule is CC1(C)OC(=O)C(Oc2cnc3occc3c2)=C1c1ccc(S(C)(=O)=O)cc1. The molecular formula is C20H17NO6S. The molecule has 0 radical (unpaired) electrons. The van der Waals surface area contributed by atoms with Crippen molar-refractivity contribution >= 4 is 32.5 Å². The number of ether oxygens (including phenoxy) is 2. The highest BCUT2D eigenvalue weighted by molar-refractivity contribution is 7.90. The number of fused-ring (bicyclic) bond motifs is 1. The summed E-state index contributed by atoms with van der Waals surface area (Å²) < 4.78 is 39.9. The fourth-order valence-corrected chi connectivity index (χ4v) is 3.79. The summed E-state index contributed by atoms with van der Waals surface area (Å²) in [6, 6.07) is 9.71. The zero-order chi connectivity index (χ0) is 20.1. The Hall–Kier alpha value is -3.13. The highest BCUT2D eigenvalue weighted by Gasteiger charge is 2.43. The quantitative estimate of drug-likeness (QED) is 0.621. The predicted octanol–water partition coefficient (Wildman–Crippen LogP) is 3.36. The van der Waals surface area contributed by atoms with E-state index >= 15 is 0 Å². The smallest absolute Gasteiger partial charge is 0.375 e. The number of carbonyl (C=O) groups is 1. The van der Waals surface area contributed by atoms with Gasteiger partial charge in [-0.1, -0.05) is 12.1 Å². The summed E-state index contributed by atoms with van der Waals surface area (Å²) in [5, 5.41) is 0.739. The van der Waals surface area contributed by atoms with Crippen molar-refractivity contribution in [3.63, 3.8) is 0 Å². The van der Waals surface area contributed by atoms with Crippen LogP contribution in [0.3, 0.4) is 0 Å². The molecule has 144 valence electrons. The Bertz CT molecular complexity index is 1220. The Morgan fingerprint density at radius 1 is 1.11 bits per heavy atom. The molecule has 0 aliphatic carbocycles. The fraction of sp³-hybridized carbons (Fsp3) is 0.200. The first-order chi connectivity index (χ1) is 13.1. The van der Waals surface area contributed by atoms with E-state index in [9.17, 15) is 13.2 Å². The first-order valence-corrected chi connectivity index (χ1v) is 10.3. The van der Waals surface area contributed by atoms with E-state index in [0.717, 1.165) is 11.6 Å². The van der Waals surface area contributed by atoms with E-state index in [2.05, 4.69) is 4.98 Å². The van der Waals surface area contributed by atoms with E-state index in [4.69, 9.17) is 13.9 Å². The lowest BCUT2D eigenvalue weighted by atomic mass is 9.92. The van der Waals surface area contributed by atoms with Crippen LogP contribution in [0.4, 0.5) is 0 Å². The number of hydrogen-bond donors (Lipinski definition) is 0. The van der Waals surface area contributed by atoms with Crippen LogP contribution in [0.15, 0.2) is 63.9 Å². The summed E-state index contributed by atoms with van der Waals surface area (Å²) >= 11 is 0. The number of aromatic nitrogens is 1. The van der Waals surface area contributed by atoms with Crippen molar-refractivity contribution in [3.05, 3.63) is 60.2 Å². The number of sulfone groups is 1. The number of rotatable bonds is 4. The summed E-state index contributed by atoms with van der Waals surface area (Å²) in [6.45, 7) is 3.50. The summed E-state index contributed by atoms with van der Waals surface area (Å²) in [5.74, 6) is -0.190. The number of hydrogen-bond acceptors (Lipinski definition) is 7. The van der Waals surface area contributed by atoms with Crippen molar-refractivity contribution in [2.75, 3.05) is 6.26 Å². The minimum Gasteiger partial charge on any atom is -0.449 e. The third-order valence-corrected chi connectivity index (χ3v) is 5.56. The standard InChI is InChI=1S/C20H17NO6S/c1-20(2)16(12-4-6-15(7-5-12)28(3,23)24)17(19(22)27-20)26-14-10-13-8-9-25-18(13)21-11-14/h4-11H,1-3H3. The zero-order valence-corrected chi connectivity index (χ0v) is 16.2. The zero-order valence-electron chi connectivity index (χ0n) is 15.4. The van der Waals surface area contributed by atoms with Crippen LogP contribution < -0.4 is 4.74 Å². The maximum Gasteiger partial charge on any atom is 0.375 e. The molecule has 28 heavy (non-hydrogen) atoms. The highest BCUT2D eigenvalue weighted by Crippen LogP contribution is 2.40. The van der Waals surface area contributed by atoms with E-state index in [0.29, 0.717) is 22.6 Å². The molecule has 0 spiro atoms. The van der Waals surface area contributed by atoms with E-state index in [1.165, 1.54) is 24.6 Å².